The fourth-order valence-corrected chi connectivity index (χ4v) is 5.55. The van der Waals surface area contributed by atoms with Crippen LogP contribution in [0.1, 0.15) is 75.0 Å². The van der Waals surface area contributed by atoms with Crippen molar-refractivity contribution in [1.29, 1.82) is 0 Å². The molecule has 156 valence electrons. The lowest BCUT2D eigenvalue weighted by Crippen LogP contribution is -2.28. The van der Waals surface area contributed by atoms with Crippen LogP contribution in [0.15, 0.2) is 18.2 Å². The van der Waals surface area contributed by atoms with E-state index in [0.717, 1.165) is 44.9 Å². The minimum absolute atomic E-state index is 0.172. The lowest BCUT2D eigenvalue weighted by Gasteiger charge is -2.33. The monoisotopic (exact) mass is 388 g/mol. The molecule has 0 aliphatic heterocycles. The van der Waals surface area contributed by atoms with Crippen LogP contribution in [0.4, 0.5) is 0 Å². The van der Waals surface area contributed by atoms with Crippen molar-refractivity contribution in [2.45, 2.75) is 89.8 Å². The molecule has 3 rings (SSSR count). The first-order valence-corrected chi connectivity index (χ1v) is 11.2. The summed E-state index contributed by atoms with van der Waals surface area (Å²) in [6.45, 7) is 2.18. The van der Waals surface area contributed by atoms with Gasteiger partial charge in [0.15, 0.2) is 0 Å². The second-order valence-electron chi connectivity index (χ2n) is 8.97. The quantitative estimate of drug-likeness (QED) is 0.527. The highest BCUT2D eigenvalue weighted by atomic mass is 16.4. The first-order chi connectivity index (χ1) is 13.5. The van der Waals surface area contributed by atoms with Crippen LogP contribution in [0.25, 0.3) is 0 Å². The lowest BCUT2D eigenvalue weighted by molar-refractivity contribution is -0.136. The summed E-state index contributed by atoms with van der Waals surface area (Å²) in [6, 6.07) is 6.29. The summed E-state index contributed by atoms with van der Waals surface area (Å²) < 4.78 is 0. The summed E-state index contributed by atoms with van der Waals surface area (Å²) in [6.07, 6.45) is 9.04. The SMILES string of the molecule is CCCCC[C@H](O)CCC1C2Cc3cccc(CCC(=O)O)c3C[C@H]2C[C@H]1O. The number of benzene rings is 1. The second-order valence-corrected chi connectivity index (χ2v) is 8.97. The van der Waals surface area contributed by atoms with Gasteiger partial charge in [0.1, 0.15) is 0 Å². The number of carbonyl (C=O) groups is 1. The normalized spacial score (nSPS) is 27.2. The van der Waals surface area contributed by atoms with Crippen LogP contribution < -0.4 is 0 Å². The van der Waals surface area contributed by atoms with Gasteiger partial charge in [-0.1, -0.05) is 44.4 Å². The van der Waals surface area contributed by atoms with Crippen LogP contribution in [0.2, 0.25) is 0 Å². The van der Waals surface area contributed by atoms with Crippen molar-refractivity contribution in [2.24, 2.45) is 17.8 Å². The maximum absolute atomic E-state index is 11.0. The van der Waals surface area contributed by atoms with Crippen LogP contribution in [0.3, 0.4) is 0 Å². The maximum Gasteiger partial charge on any atom is 0.303 e. The van der Waals surface area contributed by atoms with E-state index >= 15 is 0 Å². The summed E-state index contributed by atoms with van der Waals surface area (Å²) in [5.41, 5.74) is 3.84. The van der Waals surface area contributed by atoms with Gasteiger partial charge < -0.3 is 15.3 Å². The highest BCUT2D eigenvalue weighted by Crippen LogP contribution is 2.47. The smallest absolute Gasteiger partial charge is 0.303 e. The molecule has 0 radical (unpaired) electrons. The van der Waals surface area contributed by atoms with Gasteiger partial charge in [0, 0.05) is 6.42 Å². The second kappa shape index (κ2) is 9.89. The van der Waals surface area contributed by atoms with Crippen LogP contribution in [0, 0.1) is 17.8 Å². The van der Waals surface area contributed by atoms with Gasteiger partial charge in [-0.05, 0) is 79.4 Å². The van der Waals surface area contributed by atoms with Crippen molar-refractivity contribution < 1.29 is 20.1 Å². The molecule has 1 aromatic rings. The Hall–Kier alpha value is -1.39. The van der Waals surface area contributed by atoms with E-state index in [1.165, 1.54) is 29.5 Å². The van der Waals surface area contributed by atoms with E-state index in [1.54, 1.807) is 0 Å². The van der Waals surface area contributed by atoms with Gasteiger partial charge >= 0.3 is 5.97 Å². The van der Waals surface area contributed by atoms with Crippen LogP contribution >= 0.6 is 0 Å². The summed E-state index contributed by atoms with van der Waals surface area (Å²) >= 11 is 0. The van der Waals surface area contributed by atoms with Crippen LogP contribution in [-0.2, 0) is 24.1 Å². The van der Waals surface area contributed by atoms with E-state index in [-0.39, 0.29) is 24.5 Å². The number of carboxylic acids is 1. The number of hydrogen-bond donors (Lipinski definition) is 3. The highest BCUT2D eigenvalue weighted by Gasteiger charge is 2.44. The van der Waals surface area contributed by atoms with E-state index in [4.69, 9.17) is 5.11 Å². The van der Waals surface area contributed by atoms with Gasteiger partial charge in [-0.2, -0.15) is 0 Å². The zero-order chi connectivity index (χ0) is 20.1. The highest BCUT2D eigenvalue weighted by molar-refractivity contribution is 5.67. The third kappa shape index (κ3) is 5.15. The van der Waals surface area contributed by atoms with Crippen molar-refractivity contribution in [3.05, 3.63) is 34.9 Å². The zero-order valence-electron chi connectivity index (χ0n) is 17.1. The van der Waals surface area contributed by atoms with Crippen molar-refractivity contribution in [2.75, 3.05) is 0 Å². The molecule has 2 unspecified atom stereocenters. The molecule has 0 aromatic heterocycles. The van der Waals surface area contributed by atoms with Gasteiger partial charge in [-0.25, -0.2) is 0 Å². The van der Waals surface area contributed by atoms with Gasteiger partial charge in [0.2, 0.25) is 0 Å². The molecule has 2 aliphatic rings. The molecular weight excluding hydrogens is 352 g/mol. The molecule has 0 saturated heterocycles. The van der Waals surface area contributed by atoms with Crippen LogP contribution in [-0.4, -0.2) is 33.5 Å². The molecular formula is C24H36O4. The van der Waals surface area contributed by atoms with E-state index in [9.17, 15) is 15.0 Å². The third-order valence-electron chi connectivity index (χ3n) is 7.07. The number of aliphatic hydroxyl groups excluding tert-OH is 2. The van der Waals surface area contributed by atoms with Crippen molar-refractivity contribution in [3.63, 3.8) is 0 Å². The third-order valence-corrected chi connectivity index (χ3v) is 7.07. The van der Waals surface area contributed by atoms with Gasteiger partial charge in [-0.3, -0.25) is 4.79 Å². The molecule has 2 aliphatic carbocycles. The number of hydrogen-bond acceptors (Lipinski definition) is 3. The Kier molecular flexibility index (Phi) is 7.53. The minimum atomic E-state index is -0.750. The summed E-state index contributed by atoms with van der Waals surface area (Å²) in [7, 11) is 0. The molecule has 5 atom stereocenters. The molecule has 1 aromatic carbocycles. The van der Waals surface area contributed by atoms with Crippen molar-refractivity contribution >= 4 is 5.97 Å². The molecule has 0 heterocycles. The average molecular weight is 389 g/mol. The Bertz CT molecular complexity index is 656. The average Bonchev–Trinajstić information content (AvgIpc) is 2.97. The molecule has 28 heavy (non-hydrogen) atoms. The summed E-state index contributed by atoms with van der Waals surface area (Å²) in [5.74, 6) is 0.498. The standard InChI is InChI=1S/C24H36O4/c1-2-3-4-8-19(25)10-11-20-22-13-17-7-5-6-16(9-12-24(27)28)21(17)14-18(22)15-23(20)26/h5-7,18-20,22-23,25-26H,2-4,8-15H2,1H3,(H,27,28)/t18-,19-,20?,22?,23+/m0/s1. The predicted octanol–water partition coefficient (Wildman–Crippen LogP) is 4.14. The fraction of sp³-hybridized carbons (Fsp3) is 0.708. The number of carboxylic acid groups (broad SMARTS) is 1. The van der Waals surface area contributed by atoms with E-state index in [0.29, 0.717) is 18.3 Å². The summed E-state index contributed by atoms with van der Waals surface area (Å²) in [4.78, 5) is 11.0. The lowest BCUT2D eigenvalue weighted by atomic mass is 9.72. The van der Waals surface area contributed by atoms with E-state index in [2.05, 4.69) is 19.1 Å². The molecule has 0 spiro atoms. The number of fused-ring (bicyclic) bond motifs is 2. The maximum atomic E-state index is 11.0. The molecule has 4 heteroatoms. The van der Waals surface area contributed by atoms with Gasteiger partial charge in [0.25, 0.3) is 0 Å². The fourth-order valence-electron chi connectivity index (χ4n) is 5.55. The molecule has 3 N–H and O–H groups in total. The molecule has 0 bridgehead atoms. The van der Waals surface area contributed by atoms with Crippen LogP contribution in [0.5, 0.6) is 0 Å². The molecule has 1 saturated carbocycles. The van der Waals surface area contributed by atoms with E-state index in [1.807, 2.05) is 6.07 Å². The largest absolute Gasteiger partial charge is 0.481 e. The zero-order valence-corrected chi connectivity index (χ0v) is 17.1. The summed E-state index contributed by atoms with van der Waals surface area (Å²) in [5, 5.41) is 30.0. The number of rotatable bonds is 10. The Morgan fingerprint density at radius 1 is 1.21 bits per heavy atom. The molecule has 4 nitrogen and oxygen atoms in total. The van der Waals surface area contributed by atoms with Crippen molar-refractivity contribution in [3.8, 4) is 0 Å². The first-order valence-electron chi connectivity index (χ1n) is 11.2. The Morgan fingerprint density at radius 2 is 2.04 bits per heavy atom. The van der Waals surface area contributed by atoms with E-state index < -0.39 is 5.97 Å². The number of unbranched alkanes of at least 4 members (excludes halogenated alkanes) is 2. The minimum Gasteiger partial charge on any atom is -0.481 e. The van der Waals surface area contributed by atoms with Crippen molar-refractivity contribution in [1.82, 2.24) is 0 Å². The van der Waals surface area contributed by atoms with Gasteiger partial charge in [-0.15, -0.1) is 0 Å². The Morgan fingerprint density at radius 3 is 2.79 bits per heavy atom. The Balaban J connectivity index is 1.62. The molecule has 1 fully saturated rings. The number of aliphatic carboxylic acids is 1. The number of aliphatic hydroxyl groups is 2. The number of aryl methyl sites for hydroxylation is 1. The molecule has 0 amide bonds. The van der Waals surface area contributed by atoms with Gasteiger partial charge in [0.05, 0.1) is 12.2 Å². The first kappa shape index (κ1) is 21.3. The predicted molar refractivity (Wildman–Crippen MR) is 110 cm³/mol. The topological polar surface area (TPSA) is 77.8 Å². The Labute approximate surface area is 169 Å².